The molecule has 1 N–H and O–H groups in total. The molecule has 140 valence electrons. The van der Waals surface area contributed by atoms with E-state index in [0.29, 0.717) is 0 Å². The average molecular weight is 436 g/mol. The predicted molar refractivity (Wildman–Crippen MR) is 110 cm³/mol. The van der Waals surface area contributed by atoms with Crippen LogP contribution in [-0.4, -0.2) is 28.9 Å². The third-order valence-electron chi connectivity index (χ3n) is 5.01. The van der Waals surface area contributed by atoms with E-state index in [-0.39, 0.29) is 17.4 Å². The fourth-order valence-corrected chi connectivity index (χ4v) is 4.28. The van der Waals surface area contributed by atoms with Crippen LogP contribution in [0.4, 0.5) is 0 Å². The molecule has 1 aromatic heterocycles. The van der Waals surface area contributed by atoms with E-state index >= 15 is 0 Å². The average Bonchev–Trinajstić information content (AvgIpc) is 3.00. The Labute approximate surface area is 168 Å². The molecule has 1 fully saturated rings. The van der Waals surface area contributed by atoms with Gasteiger partial charge in [-0.1, -0.05) is 28.1 Å². The summed E-state index contributed by atoms with van der Waals surface area (Å²) in [4.78, 5) is 19.7. The van der Waals surface area contributed by atoms with Gasteiger partial charge in [-0.05, 0) is 64.4 Å². The standard InChI is InChI=1S/C20H26BrN3OS/c1-14-22-18(13-26-14)12-24-10-8-15(9-11-24)19(25)23-20(2,3)16-4-6-17(21)7-5-16/h4-7,13,15H,8-12H2,1-3H3,(H,23,25). The van der Waals surface area contributed by atoms with Gasteiger partial charge in [-0.25, -0.2) is 4.98 Å². The number of nitrogens with zero attached hydrogens (tertiary/aromatic N) is 2. The van der Waals surface area contributed by atoms with Crippen LogP contribution in [0.3, 0.4) is 0 Å². The van der Waals surface area contributed by atoms with Crippen molar-refractivity contribution in [3.63, 3.8) is 0 Å². The van der Waals surface area contributed by atoms with Gasteiger partial charge in [0.25, 0.3) is 0 Å². The van der Waals surface area contributed by atoms with Crippen molar-refractivity contribution < 1.29 is 4.79 Å². The van der Waals surface area contributed by atoms with Crippen molar-refractivity contribution in [2.75, 3.05) is 13.1 Å². The highest BCUT2D eigenvalue weighted by atomic mass is 79.9. The fraction of sp³-hybridized carbons (Fsp3) is 0.500. The van der Waals surface area contributed by atoms with E-state index in [1.54, 1.807) is 11.3 Å². The zero-order chi connectivity index (χ0) is 18.7. The summed E-state index contributed by atoms with van der Waals surface area (Å²) in [5.41, 5.74) is 1.89. The topological polar surface area (TPSA) is 45.2 Å². The van der Waals surface area contributed by atoms with E-state index < -0.39 is 0 Å². The molecule has 1 aromatic carbocycles. The van der Waals surface area contributed by atoms with E-state index in [2.05, 4.69) is 62.5 Å². The summed E-state index contributed by atoms with van der Waals surface area (Å²) in [5.74, 6) is 0.264. The number of rotatable bonds is 5. The number of hydrogen-bond acceptors (Lipinski definition) is 4. The molecular formula is C20H26BrN3OS. The first-order valence-electron chi connectivity index (χ1n) is 9.05. The number of aryl methyl sites for hydroxylation is 1. The summed E-state index contributed by atoms with van der Waals surface area (Å²) in [6, 6.07) is 8.15. The largest absolute Gasteiger partial charge is 0.347 e. The third-order valence-corrected chi connectivity index (χ3v) is 6.36. The highest BCUT2D eigenvalue weighted by Crippen LogP contribution is 2.25. The SMILES string of the molecule is Cc1nc(CN2CCC(C(=O)NC(C)(C)c3ccc(Br)cc3)CC2)cs1. The van der Waals surface area contributed by atoms with Crippen LogP contribution in [0.5, 0.6) is 0 Å². The molecule has 1 aliphatic rings. The van der Waals surface area contributed by atoms with Crippen LogP contribution in [0.2, 0.25) is 0 Å². The maximum atomic E-state index is 12.8. The van der Waals surface area contributed by atoms with Crippen LogP contribution >= 0.6 is 27.3 Å². The van der Waals surface area contributed by atoms with Crippen molar-refractivity contribution in [1.82, 2.24) is 15.2 Å². The van der Waals surface area contributed by atoms with Gasteiger partial charge in [0.05, 0.1) is 16.2 Å². The van der Waals surface area contributed by atoms with Crippen molar-refractivity contribution in [2.24, 2.45) is 5.92 Å². The molecule has 0 saturated carbocycles. The normalized spacial score (nSPS) is 16.6. The number of aromatic nitrogens is 1. The van der Waals surface area contributed by atoms with Gasteiger partial charge in [0.15, 0.2) is 0 Å². The van der Waals surface area contributed by atoms with E-state index in [4.69, 9.17) is 0 Å². The molecule has 1 saturated heterocycles. The third kappa shape index (κ3) is 4.93. The predicted octanol–water partition coefficient (Wildman–Crippen LogP) is 4.48. The Kier molecular flexibility index (Phi) is 6.15. The molecule has 3 rings (SSSR count). The van der Waals surface area contributed by atoms with Crippen molar-refractivity contribution >= 4 is 33.2 Å². The monoisotopic (exact) mass is 435 g/mol. The van der Waals surface area contributed by atoms with Crippen molar-refractivity contribution in [3.05, 3.63) is 50.4 Å². The molecule has 0 atom stereocenters. The molecule has 2 aromatic rings. The molecule has 26 heavy (non-hydrogen) atoms. The first kappa shape index (κ1) is 19.5. The Morgan fingerprint density at radius 1 is 1.31 bits per heavy atom. The molecule has 4 nitrogen and oxygen atoms in total. The van der Waals surface area contributed by atoms with Crippen LogP contribution in [0, 0.1) is 12.8 Å². The lowest BCUT2D eigenvalue weighted by Gasteiger charge is -2.34. The molecule has 0 radical (unpaired) electrons. The number of carbonyl (C=O) groups excluding carboxylic acids is 1. The Hall–Kier alpha value is -1.24. The number of carbonyl (C=O) groups is 1. The van der Waals surface area contributed by atoms with Gasteiger partial charge in [-0.15, -0.1) is 11.3 Å². The molecule has 1 amide bonds. The van der Waals surface area contributed by atoms with Gasteiger partial charge < -0.3 is 5.32 Å². The Morgan fingerprint density at radius 2 is 1.96 bits per heavy atom. The van der Waals surface area contributed by atoms with Crippen LogP contribution in [0.1, 0.15) is 43.0 Å². The van der Waals surface area contributed by atoms with Gasteiger partial charge in [0, 0.05) is 22.3 Å². The molecular weight excluding hydrogens is 410 g/mol. The number of hydrogen-bond donors (Lipinski definition) is 1. The lowest BCUT2D eigenvalue weighted by Crippen LogP contribution is -2.46. The van der Waals surface area contributed by atoms with E-state index in [1.807, 2.05) is 19.1 Å². The molecule has 0 aliphatic carbocycles. The van der Waals surface area contributed by atoms with Gasteiger partial charge in [-0.2, -0.15) is 0 Å². The second-order valence-corrected chi connectivity index (χ2v) is 9.51. The van der Waals surface area contributed by atoms with E-state index in [0.717, 1.165) is 53.2 Å². The summed E-state index contributed by atoms with van der Waals surface area (Å²) < 4.78 is 1.05. The van der Waals surface area contributed by atoms with Crippen molar-refractivity contribution in [2.45, 2.75) is 45.7 Å². The van der Waals surface area contributed by atoms with Gasteiger partial charge in [0.1, 0.15) is 0 Å². The number of nitrogens with one attached hydrogen (secondary N) is 1. The van der Waals surface area contributed by atoms with Crippen LogP contribution in [0.15, 0.2) is 34.1 Å². The number of halogens is 1. The van der Waals surface area contributed by atoms with Gasteiger partial charge in [0.2, 0.25) is 5.91 Å². The first-order chi connectivity index (χ1) is 12.3. The highest BCUT2D eigenvalue weighted by Gasteiger charge is 2.30. The number of likely N-dealkylation sites (tertiary alicyclic amines) is 1. The van der Waals surface area contributed by atoms with Crippen LogP contribution in [0.25, 0.3) is 0 Å². The lowest BCUT2D eigenvalue weighted by molar-refractivity contribution is -0.128. The molecule has 0 spiro atoms. The minimum absolute atomic E-state index is 0.0955. The quantitative estimate of drug-likeness (QED) is 0.752. The molecule has 0 unspecified atom stereocenters. The van der Waals surface area contributed by atoms with Crippen LogP contribution < -0.4 is 5.32 Å². The zero-order valence-corrected chi connectivity index (χ0v) is 18.0. The Bertz CT molecular complexity index is 749. The van der Waals surface area contributed by atoms with Crippen molar-refractivity contribution in [3.8, 4) is 0 Å². The molecule has 6 heteroatoms. The highest BCUT2D eigenvalue weighted by molar-refractivity contribution is 9.10. The number of benzene rings is 1. The van der Waals surface area contributed by atoms with Gasteiger partial charge in [-0.3, -0.25) is 9.69 Å². The number of amides is 1. The zero-order valence-electron chi connectivity index (χ0n) is 15.6. The van der Waals surface area contributed by atoms with E-state index in [1.165, 1.54) is 0 Å². The van der Waals surface area contributed by atoms with Gasteiger partial charge >= 0.3 is 0 Å². The Morgan fingerprint density at radius 3 is 2.54 bits per heavy atom. The summed E-state index contributed by atoms with van der Waals surface area (Å²) in [5, 5.41) is 6.50. The Balaban J connectivity index is 1.52. The van der Waals surface area contributed by atoms with Crippen molar-refractivity contribution in [1.29, 1.82) is 0 Å². The minimum atomic E-state index is -0.368. The minimum Gasteiger partial charge on any atom is -0.347 e. The maximum absolute atomic E-state index is 12.8. The second kappa shape index (κ2) is 8.19. The maximum Gasteiger partial charge on any atom is 0.223 e. The second-order valence-electron chi connectivity index (χ2n) is 7.53. The molecule has 2 heterocycles. The first-order valence-corrected chi connectivity index (χ1v) is 10.7. The fourth-order valence-electron chi connectivity index (χ4n) is 3.41. The number of piperidine rings is 1. The summed E-state index contributed by atoms with van der Waals surface area (Å²) >= 11 is 5.16. The molecule has 1 aliphatic heterocycles. The molecule has 0 bridgehead atoms. The number of thiazole rings is 1. The summed E-state index contributed by atoms with van der Waals surface area (Å²) in [6.07, 6.45) is 1.82. The van der Waals surface area contributed by atoms with E-state index in [9.17, 15) is 4.79 Å². The smallest absolute Gasteiger partial charge is 0.223 e. The summed E-state index contributed by atoms with van der Waals surface area (Å²) in [7, 11) is 0. The van der Waals surface area contributed by atoms with Crippen LogP contribution in [-0.2, 0) is 16.9 Å². The lowest BCUT2D eigenvalue weighted by atomic mass is 9.91. The summed E-state index contributed by atoms with van der Waals surface area (Å²) in [6.45, 7) is 8.96.